The van der Waals surface area contributed by atoms with Gasteiger partial charge in [0.2, 0.25) is 0 Å². The summed E-state index contributed by atoms with van der Waals surface area (Å²) < 4.78 is 7.48. The van der Waals surface area contributed by atoms with Crippen molar-refractivity contribution in [3.05, 3.63) is 41.2 Å². The van der Waals surface area contributed by atoms with Crippen molar-refractivity contribution in [2.75, 3.05) is 6.61 Å². The number of benzene rings is 1. The fourth-order valence-corrected chi connectivity index (χ4v) is 2.66. The minimum Gasteiger partial charge on any atom is -0.494 e. The van der Waals surface area contributed by atoms with E-state index in [0.29, 0.717) is 19.1 Å². The molecule has 1 aromatic heterocycles. The monoisotopic (exact) mass is 315 g/mol. The highest BCUT2D eigenvalue weighted by Gasteiger charge is 2.33. The quantitative estimate of drug-likeness (QED) is 0.758. The molecule has 1 aliphatic rings. The number of carboxylic acids is 1. The van der Waals surface area contributed by atoms with Crippen LogP contribution in [0.1, 0.15) is 53.3 Å². The summed E-state index contributed by atoms with van der Waals surface area (Å²) in [6, 6.07) is 7.99. The van der Waals surface area contributed by atoms with E-state index < -0.39 is 5.97 Å². The molecule has 1 saturated carbocycles. The van der Waals surface area contributed by atoms with Gasteiger partial charge in [0.1, 0.15) is 5.75 Å². The molecule has 23 heavy (non-hydrogen) atoms. The molecule has 3 rings (SSSR count). The maximum Gasteiger partial charge on any atom is 0.358 e. The molecule has 0 unspecified atom stereocenters. The van der Waals surface area contributed by atoms with E-state index in [0.717, 1.165) is 37.1 Å². The summed E-state index contributed by atoms with van der Waals surface area (Å²) in [5, 5.41) is 17.0. The first kappa shape index (κ1) is 15.5. The molecule has 0 amide bonds. The van der Waals surface area contributed by atoms with Gasteiger partial charge in [0, 0.05) is 12.5 Å². The van der Waals surface area contributed by atoms with Crippen LogP contribution >= 0.6 is 0 Å². The fourth-order valence-electron chi connectivity index (χ4n) is 2.66. The van der Waals surface area contributed by atoms with Crippen LogP contribution in [0.4, 0.5) is 0 Å². The molecule has 0 radical (unpaired) electrons. The molecule has 1 aromatic carbocycles. The minimum atomic E-state index is -0.985. The van der Waals surface area contributed by atoms with Crippen molar-refractivity contribution in [3.63, 3.8) is 0 Å². The molecular weight excluding hydrogens is 294 g/mol. The van der Waals surface area contributed by atoms with E-state index >= 15 is 0 Å². The first-order valence-electron chi connectivity index (χ1n) is 8.01. The molecule has 0 saturated heterocycles. The van der Waals surface area contributed by atoms with Gasteiger partial charge < -0.3 is 9.84 Å². The fraction of sp³-hybridized carbons (Fsp3) is 0.471. The standard InChI is InChI=1S/C17H21N3O3/c1-12-5-4-6-14(11-12)23-10-3-2-9-20-16(13-7-8-13)15(17(21)22)18-19-20/h4-6,11,13H,2-3,7-10H2,1H3,(H,21,22). The lowest BCUT2D eigenvalue weighted by molar-refractivity contribution is 0.0689. The molecule has 0 spiro atoms. The molecule has 6 nitrogen and oxygen atoms in total. The molecule has 122 valence electrons. The Balaban J connectivity index is 1.48. The summed E-state index contributed by atoms with van der Waals surface area (Å²) in [5.74, 6) is 0.221. The second-order valence-electron chi connectivity index (χ2n) is 6.00. The number of rotatable bonds is 8. The molecule has 1 heterocycles. The number of unbranched alkanes of at least 4 members (excludes halogenated alkanes) is 1. The summed E-state index contributed by atoms with van der Waals surface area (Å²) in [4.78, 5) is 11.2. The molecule has 1 N–H and O–H groups in total. The Bertz CT molecular complexity index is 692. The van der Waals surface area contributed by atoms with Crippen LogP contribution in [0, 0.1) is 6.92 Å². The number of ether oxygens (including phenoxy) is 1. The van der Waals surface area contributed by atoms with Gasteiger partial charge in [0.05, 0.1) is 12.3 Å². The normalized spacial score (nSPS) is 14.0. The predicted molar refractivity (Wildman–Crippen MR) is 84.9 cm³/mol. The maximum atomic E-state index is 11.2. The number of aromatic nitrogens is 3. The third kappa shape index (κ3) is 3.88. The van der Waals surface area contributed by atoms with Crippen molar-refractivity contribution in [2.45, 2.75) is 45.1 Å². The lowest BCUT2D eigenvalue weighted by Gasteiger charge is -2.08. The maximum absolute atomic E-state index is 11.2. The molecule has 0 aliphatic heterocycles. The zero-order valence-corrected chi connectivity index (χ0v) is 13.2. The van der Waals surface area contributed by atoms with Gasteiger partial charge in [0.25, 0.3) is 0 Å². The number of nitrogens with zero attached hydrogens (tertiary/aromatic N) is 3. The van der Waals surface area contributed by atoms with Crippen molar-refractivity contribution in [1.82, 2.24) is 15.0 Å². The average molecular weight is 315 g/mol. The van der Waals surface area contributed by atoms with Crippen LogP contribution < -0.4 is 4.74 Å². The van der Waals surface area contributed by atoms with E-state index in [-0.39, 0.29) is 5.69 Å². The Morgan fingerprint density at radius 2 is 2.22 bits per heavy atom. The van der Waals surface area contributed by atoms with Crippen molar-refractivity contribution in [3.8, 4) is 5.75 Å². The predicted octanol–water partition coefficient (Wildman–Crippen LogP) is 3.02. The number of carboxylic acid groups (broad SMARTS) is 1. The van der Waals surface area contributed by atoms with Crippen molar-refractivity contribution >= 4 is 5.97 Å². The molecule has 1 aliphatic carbocycles. The van der Waals surface area contributed by atoms with E-state index in [1.807, 2.05) is 31.2 Å². The Hall–Kier alpha value is -2.37. The Morgan fingerprint density at radius 1 is 1.39 bits per heavy atom. The van der Waals surface area contributed by atoms with E-state index in [4.69, 9.17) is 4.74 Å². The molecule has 0 bridgehead atoms. The second-order valence-corrected chi connectivity index (χ2v) is 6.00. The van der Waals surface area contributed by atoms with E-state index in [9.17, 15) is 9.90 Å². The first-order valence-corrected chi connectivity index (χ1v) is 8.01. The topological polar surface area (TPSA) is 77.2 Å². The molecule has 0 atom stereocenters. The number of hydrogen-bond donors (Lipinski definition) is 1. The van der Waals surface area contributed by atoms with Crippen LogP contribution in [0.2, 0.25) is 0 Å². The molecule has 2 aromatic rings. The van der Waals surface area contributed by atoms with Crippen LogP contribution in [-0.4, -0.2) is 32.7 Å². The highest BCUT2D eigenvalue weighted by atomic mass is 16.5. The van der Waals surface area contributed by atoms with Crippen molar-refractivity contribution < 1.29 is 14.6 Å². The van der Waals surface area contributed by atoms with Crippen LogP contribution in [0.3, 0.4) is 0 Å². The van der Waals surface area contributed by atoms with E-state index in [2.05, 4.69) is 10.3 Å². The number of hydrogen-bond acceptors (Lipinski definition) is 4. The third-order valence-electron chi connectivity index (χ3n) is 3.96. The zero-order chi connectivity index (χ0) is 16.2. The summed E-state index contributed by atoms with van der Waals surface area (Å²) in [6.45, 7) is 3.36. The van der Waals surface area contributed by atoms with Crippen molar-refractivity contribution in [1.29, 1.82) is 0 Å². The Morgan fingerprint density at radius 3 is 2.91 bits per heavy atom. The molecular formula is C17H21N3O3. The van der Waals surface area contributed by atoms with Crippen LogP contribution in [0.15, 0.2) is 24.3 Å². The lowest BCUT2D eigenvalue weighted by atomic mass is 10.2. The van der Waals surface area contributed by atoms with Gasteiger partial charge in [-0.1, -0.05) is 17.3 Å². The average Bonchev–Trinajstić information content (AvgIpc) is 3.27. The highest BCUT2D eigenvalue weighted by molar-refractivity contribution is 5.86. The van der Waals surface area contributed by atoms with Crippen LogP contribution in [0.25, 0.3) is 0 Å². The summed E-state index contributed by atoms with van der Waals surface area (Å²) in [6.07, 6.45) is 3.84. The van der Waals surface area contributed by atoms with Crippen LogP contribution in [-0.2, 0) is 6.54 Å². The smallest absolute Gasteiger partial charge is 0.358 e. The summed E-state index contributed by atoms with van der Waals surface area (Å²) >= 11 is 0. The zero-order valence-electron chi connectivity index (χ0n) is 13.2. The molecule has 1 fully saturated rings. The Labute approximate surface area is 135 Å². The number of carbonyl (C=O) groups is 1. The van der Waals surface area contributed by atoms with Crippen molar-refractivity contribution in [2.24, 2.45) is 0 Å². The van der Waals surface area contributed by atoms with Gasteiger partial charge in [0.15, 0.2) is 5.69 Å². The SMILES string of the molecule is Cc1cccc(OCCCCn2nnc(C(=O)O)c2C2CC2)c1. The first-order chi connectivity index (χ1) is 11.1. The largest absolute Gasteiger partial charge is 0.494 e. The summed E-state index contributed by atoms with van der Waals surface area (Å²) in [7, 11) is 0. The number of aromatic carboxylic acids is 1. The lowest BCUT2D eigenvalue weighted by Crippen LogP contribution is -2.09. The van der Waals surface area contributed by atoms with Gasteiger partial charge in [-0.15, -0.1) is 5.10 Å². The van der Waals surface area contributed by atoms with E-state index in [1.165, 1.54) is 5.56 Å². The molecule has 6 heteroatoms. The van der Waals surface area contributed by atoms with Gasteiger partial charge in [-0.05, 0) is 50.3 Å². The third-order valence-corrected chi connectivity index (χ3v) is 3.96. The van der Waals surface area contributed by atoms with E-state index in [1.54, 1.807) is 4.68 Å². The minimum absolute atomic E-state index is 0.114. The Kier molecular flexibility index (Phi) is 4.60. The van der Waals surface area contributed by atoms with Gasteiger partial charge in [-0.3, -0.25) is 0 Å². The van der Waals surface area contributed by atoms with Gasteiger partial charge >= 0.3 is 5.97 Å². The summed E-state index contributed by atoms with van der Waals surface area (Å²) in [5.41, 5.74) is 2.08. The van der Waals surface area contributed by atoms with Gasteiger partial charge in [-0.2, -0.15) is 0 Å². The number of aryl methyl sites for hydroxylation is 2. The highest BCUT2D eigenvalue weighted by Crippen LogP contribution is 2.41. The van der Waals surface area contributed by atoms with Crippen LogP contribution in [0.5, 0.6) is 5.75 Å². The van der Waals surface area contributed by atoms with Gasteiger partial charge in [-0.25, -0.2) is 9.48 Å². The second kappa shape index (κ2) is 6.81.